The minimum absolute atomic E-state index is 0.0335. The number of nitrogens with zero attached hydrogens (tertiary/aromatic N) is 7. The number of halogens is 1. The molecule has 3 aliphatic rings. The molecule has 3 saturated heterocycles. The Balaban J connectivity index is 1.21. The maximum Gasteiger partial charge on any atom is 0.325 e. The maximum atomic E-state index is 16.0. The standard InChI is InChI=1S/C20H23FN10O10P2S2/c21-8-12-7(39-18(8)30-4-26-9-14(22)24-3-25-15(9)30)2-37-43(35,45)41-13-11(32)6(1-36-42(34,44)40-12)38-19(13)31-5-27-10-16(31)28-20(23)29-17(10)33/h3-8,11-13,18-19,32H,1-2H2,(H,34,44)(H,35,45)(H2,22,24,25)(H3,23,28,29,33)/t6-,7-,8+,11-,12-,13-,18-,19-,42?,43?/m1/s1. The highest BCUT2D eigenvalue weighted by Crippen LogP contribution is 2.54. The summed E-state index contributed by atoms with van der Waals surface area (Å²) in [4.78, 5) is 56.8. The summed E-state index contributed by atoms with van der Waals surface area (Å²) in [6.07, 6.45) is -8.39. The van der Waals surface area contributed by atoms with Crippen LogP contribution in [0, 0.1) is 0 Å². The fourth-order valence-electron chi connectivity index (χ4n) is 5.26. The van der Waals surface area contributed by atoms with E-state index < -0.39 is 81.4 Å². The summed E-state index contributed by atoms with van der Waals surface area (Å²) in [6, 6.07) is 0. The van der Waals surface area contributed by atoms with Gasteiger partial charge in [0.1, 0.15) is 42.4 Å². The zero-order chi connectivity index (χ0) is 31.8. The van der Waals surface area contributed by atoms with Crippen LogP contribution < -0.4 is 17.0 Å². The normalized spacial score (nSPS) is 37.7. The predicted molar refractivity (Wildman–Crippen MR) is 156 cm³/mol. The number of fused-ring (bicyclic) bond motifs is 5. The van der Waals surface area contributed by atoms with Crippen molar-refractivity contribution in [3.8, 4) is 0 Å². The van der Waals surface area contributed by atoms with Crippen LogP contribution in [0.3, 0.4) is 0 Å². The smallest absolute Gasteiger partial charge is 0.325 e. The number of hydrogen-bond donors (Lipinski definition) is 6. The van der Waals surface area contributed by atoms with E-state index in [1.54, 1.807) is 0 Å². The van der Waals surface area contributed by atoms with Crippen LogP contribution in [0.1, 0.15) is 12.5 Å². The number of imidazole rings is 2. The zero-order valence-corrected chi connectivity index (χ0v) is 25.8. The van der Waals surface area contributed by atoms with Crippen molar-refractivity contribution in [3.63, 3.8) is 0 Å². The minimum Gasteiger partial charge on any atom is -0.387 e. The summed E-state index contributed by atoms with van der Waals surface area (Å²) in [6.45, 7) is -9.73. The molecule has 0 amide bonds. The van der Waals surface area contributed by atoms with E-state index in [1.165, 1.54) is 28.1 Å². The molecule has 4 aromatic heterocycles. The second kappa shape index (κ2) is 11.3. The van der Waals surface area contributed by atoms with E-state index in [9.17, 15) is 19.7 Å². The van der Waals surface area contributed by atoms with E-state index in [-0.39, 0.29) is 34.1 Å². The number of hydrogen-bond acceptors (Lipinski definition) is 17. The average Bonchev–Trinajstić information content (AvgIpc) is 3.72. The number of nitrogens with two attached hydrogens (primary N) is 2. The fourth-order valence-corrected chi connectivity index (χ4v) is 8.11. The van der Waals surface area contributed by atoms with Crippen LogP contribution in [0.4, 0.5) is 16.2 Å². The molecule has 0 saturated carbocycles. The Morgan fingerprint density at radius 2 is 1.53 bits per heavy atom. The van der Waals surface area contributed by atoms with Crippen molar-refractivity contribution >= 4 is 71.1 Å². The third-order valence-electron chi connectivity index (χ3n) is 7.28. The molecule has 45 heavy (non-hydrogen) atoms. The number of anilines is 2. The molecule has 7 rings (SSSR count). The van der Waals surface area contributed by atoms with Gasteiger partial charge >= 0.3 is 13.4 Å². The summed E-state index contributed by atoms with van der Waals surface area (Å²) in [5.74, 6) is -0.171. The Hall–Kier alpha value is -2.63. The van der Waals surface area contributed by atoms with Crippen LogP contribution in [0.5, 0.6) is 0 Å². The van der Waals surface area contributed by atoms with Crippen LogP contribution >= 0.6 is 13.4 Å². The molecule has 4 aromatic rings. The average molecular weight is 709 g/mol. The lowest BCUT2D eigenvalue weighted by Crippen LogP contribution is -2.35. The van der Waals surface area contributed by atoms with Crippen LogP contribution in [-0.2, 0) is 51.2 Å². The van der Waals surface area contributed by atoms with Gasteiger partial charge in [-0.2, -0.15) is 4.98 Å². The van der Waals surface area contributed by atoms with Crippen molar-refractivity contribution in [1.29, 1.82) is 0 Å². The maximum absolute atomic E-state index is 16.0. The van der Waals surface area contributed by atoms with Gasteiger partial charge in [-0.05, 0) is 23.6 Å². The molecule has 242 valence electrons. The first kappa shape index (κ1) is 31.0. The molecule has 2 unspecified atom stereocenters. The van der Waals surface area contributed by atoms with Gasteiger partial charge in [0.2, 0.25) is 5.95 Å². The Bertz CT molecular complexity index is 1950. The topological polar surface area (TPSA) is 275 Å². The SMILES string of the molecule is Nc1nc2c(ncn2[C@@H]2O[C@@H]3COP(O)(=S)O[C@H]4[C@H](F)[C@H](n5cnc6c(N)ncnc65)O[C@@H]4COP(O)(=S)O[C@@H]2[C@@H]3O)c(=O)[nH]1. The molecule has 8 N–H and O–H groups in total. The molecule has 2 bridgehead atoms. The minimum atomic E-state index is -4.27. The number of H-pyrrole nitrogens is 1. The molecule has 0 radical (unpaired) electrons. The van der Waals surface area contributed by atoms with E-state index in [1.807, 2.05) is 0 Å². The molecule has 0 aromatic carbocycles. The predicted octanol–water partition coefficient (Wildman–Crippen LogP) is -1.13. The van der Waals surface area contributed by atoms with Crippen LogP contribution in [0.2, 0.25) is 0 Å². The summed E-state index contributed by atoms with van der Waals surface area (Å²) in [5.41, 5.74) is 11.1. The molecule has 0 spiro atoms. The van der Waals surface area contributed by atoms with Crippen molar-refractivity contribution in [2.24, 2.45) is 0 Å². The van der Waals surface area contributed by atoms with Crippen LogP contribution in [0.25, 0.3) is 22.3 Å². The number of nitrogen functional groups attached to an aromatic ring is 2. The number of aromatic amines is 1. The van der Waals surface area contributed by atoms with Gasteiger partial charge in [-0.25, -0.2) is 24.3 Å². The number of aromatic nitrogens is 8. The van der Waals surface area contributed by atoms with Gasteiger partial charge in [0.15, 0.2) is 41.3 Å². The lowest BCUT2D eigenvalue weighted by molar-refractivity contribution is -0.0602. The highest BCUT2D eigenvalue weighted by atomic mass is 32.5. The number of ether oxygens (including phenoxy) is 2. The van der Waals surface area contributed by atoms with Gasteiger partial charge < -0.3 is 44.9 Å². The Morgan fingerprint density at radius 3 is 2.27 bits per heavy atom. The Morgan fingerprint density at radius 1 is 0.911 bits per heavy atom. The van der Waals surface area contributed by atoms with Gasteiger partial charge in [0, 0.05) is 0 Å². The lowest BCUT2D eigenvalue weighted by atomic mass is 10.1. The molecule has 7 heterocycles. The zero-order valence-electron chi connectivity index (χ0n) is 22.3. The van der Waals surface area contributed by atoms with Gasteiger partial charge in [-0.15, -0.1) is 0 Å². The number of alkyl halides is 1. The largest absolute Gasteiger partial charge is 0.387 e. The first-order chi connectivity index (χ1) is 21.3. The van der Waals surface area contributed by atoms with E-state index in [0.29, 0.717) is 0 Å². The van der Waals surface area contributed by atoms with Crippen LogP contribution in [0.15, 0.2) is 23.8 Å². The van der Waals surface area contributed by atoms with E-state index >= 15 is 4.39 Å². The monoisotopic (exact) mass is 708 g/mol. The summed E-state index contributed by atoms with van der Waals surface area (Å²) in [5, 5.41) is 11.1. The first-order valence-corrected chi connectivity index (χ1v) is 18.1. The Kier molecular flexibility index (Phi) is 7.76. The molecular weight excluding hydrogens is 685 g/mol. The van der Waals surface area contributed by atoms with Crippen molar-refractivity contribution in [1.82, 2.24) is 39.0 Å². The van der Waals surface area contributed by atoms with E-state index in [2.05, 4.69) is 29.9 Å². The highest BCUT2D eigenvalue weighted by Gasteiger charge is 2.53. The van der Waals surface area contributed by atoms with Gasteiger partial charge in [0.25, 0.3) is 5.56 Å². The third kappa shape index (κ3) is 5.56. The molecule has 0 aliphatic carbocycles. The van der Waals surface area contributed by atoms with Crippen LogP contribution in [-0.4, -0.2) is 104 Å². The number of rotatable bonds is 2. The van der Waals surface area contributed by atoms with Crippen molar-refractivity contribution < 1.29 is 46.9 Å². The number of nitrogens with one attached hydrogen (secondary N) is 1. The van der Waals surface area contributed by atoms with Crippen molar-refractivity contribution in [2.45, 2.75) is 49.1 Å². The van der Waals surface area contributed by atoms with E-state index in [0.717, 1.165) is 0 Å². The van der Waals surface area contributed by atoms with Gasteiger partial charge in [-0.3, -0.25) is 28.0 Å². The van der Waals surface area contributed by atoms with Crippen molar-refractivity contribution in [3.05, 3.63) is 29.3 Å². The Labute approximate surface area is 259 Å². The van der Waals surface area contributed by atoms with Gasteiger partial charge in [-0.1, -0.05) is 0 Å². The number of aliphatic hydroxyl groups is 1. The fraction of sp³-hybridized carbons (Fsp3) is 0.500. The van der Waals surface area contributed by atoms with Crippen molar-refractivity contribution in [2.75, 3.05) is 24.7 Å². The second-order valence-corrected chi connectivity index (χ2v) is 15.7. The quantitative estimate of drug-likeness (QED) is 0.134. The van der Waals surface area contributed by atoms with E-state index in [4.69, 9.17) is 62.6 Å². The second-order valence-electron chi connectivity index (χ2n) is 10.1. The molecule has 25 heteroatoms. The lowest BCUT2D eigenvalue weighted by Gasteiger charge is -2.27. The molecule has 10 atom stereocenters. The summed E-state index contributed by atoms with van der Waals surface area (Å²) >= 11 is 10.4. The summed E-state index contributed by atoms with van der Waals surface area (Å²) < 4.78 is 52.6. The summed E-state index contributed by atoms with van der Waals surface area (Å²) in [7, 11) is 0. The number of aliphatic hydroxyl groups excluding tert-OH is 1. The molecule has 20 nitrogen and oxygen atoms in total. The molecule has 3 fully saturated rings. The highest BCUT2D eigenvalue weighted by molar-refractivity contribution is 8.07. The first-order valence-electron chi connectivity index (χ1n) is 12.9. The van der Waals surface area contributed by atoms with Gasteiger partial charge in [0.05, 0.1) is 25.9 Å². The third-order valence-corrected chi connectivity index (χ3v) is 10.4. The molecular formula is C20H23FN10O10P2S2. The molecule has 3 aliphatic heterocycles.